The predicted molar refractivity (Wildman–Crippen MR) is 93.2 cm³/mol. The van der Waals surface area contributed by atoms with Crippen LogP contribution in [0.4, 0.5) is 0 Å². The van der Waals surface area contributed by atoms with E-state index in [9.17, 15) is 9.59 Å². The lowest BCUT2D eigenvalue weighted by atomic mass is 10.0. The number of benzene rings is 1. The highest BCUT2D eigenvalue weighted by Gasteiger charge is 2.33. The van der Waals surface area contributed by atoms with Crippen molar-refractivity contribution in [3.8, 4) is 5.75 Å². The second-order valence-electron chi connectivity index (χ2n) is 5.03. The SMILES string of the molecule is NC(N)=NC(=O)C1Cc2cc(C(=O)c3cccs3)c(Cl)c(Cl)c2O1. The molecular formula is C15H11Cl2N3O3S. The van der Waals surface area contributed by atoms with Crippen LogP contribution in [0.15, 0.2) is 28.6 Å². The van der Waals surface area contributed by atoms with Gasteiger partial charge in [-0.15, -0.1) is 11.3 Å². The molecule has 0 saturated carbocycles. The monoisotopic (exact) mass is 383 g/mol. The number of hydrogen-bond donors (Lipinski definition) is 2. The van der Waals surface area contributed by atoms with Crippen molar-refractivity contribution in [1.82, 2.24) is 0 Å². The van der Waals surface area contributed by atoms with Gasteiger partial charge in [0.2, 0.25) is 5.78 Å². The average Bonchev–Trinajstić information content (AvgIpc) is 3.18. The topological polar surface area (TPSA) is 108 Å². The summed E-state index contributed by atoms with van der Waals surface area (Å²) in [5.74, 6) is -0.936. The van der Waals surface area contributed by atoms with E-state index in [0.29, 0.717) is 10.4 Å². The molecule has 1 aliphatic rings. The molecule has 2 heterocycles. The van der Waals surface area contributed by atoms with Crippen molar-refractivity contribution < 1.29 is 14.3 Å². The fourth-order valence-electron chi connectivity index (χ4n) is 2.37. The molecule has 124 valence electrons. The van der Waals surface area contributed by atoms with E-state index in [0.717, 1.165) is 0 Å². The zero-order valence-electron chi connectivity index (χ0n) is 12.1. The van der Waals surface area contributed by atoms with E-state index in [1.807, 2.05) is 0 Å². The number of ketones is 1. The Kier molecular flexibility index (Phi) is 4.49. The second kappa shape index (κ2) is 6.43. The van der Waals surface area contributed by atoms with E-state index in [4.69, 9.17) is 39.4 Å². The van der Waals surface area contributed by atoms with Gasteiger partial charge >= 0.3 is 0 Å². The van der Waals surface area contributed by atoms with Crippen LogP contribution in [0.5, 0.6) is 5.75 Å². The fraction of sp³-hybridized carbons (Fsp3) is 0.133. The van der Waals surface area contributed by atoms with Crippen molar-refractivity contribution in [1.29, 1.82) is 0 Å². The van der Waals surface area contributed by atoms with Gasteiger partial charge in [0.25, 0.3) is 5.91 Å². The molecule has 1 amide bonds. The van der Waals surface area contributed by atoms with Gasteiger partial charge in [0.05, 0.1) is 9.90 Å². The number of thiophene rings is 1. The molecule has 6 nitrogen and oxygen atoms in total. The van der Waals surface area contributed by atoms with E-state index < -0.39 is 12.0 Å². The molecule has 1 aromatic carbocycles. The van der Waals surface area contributed by atoms with E-state index >= 15 is 0 Å². The van der Waals surface area contributed by atoms with Gasteiger partial charge < -0.3 is 16.2 Å². The van der Waals surface area contributed by atoms with E-state index in [-0.39, 0.29) is 39.5 Å². The van der Waals surface area contributed by atoms with Crippen molar-refractivity contribution in [2.75, 3.05) is 0 Å². The third-order valence-electron chi connectivity index (χ3n) is 3.41. The lowest BCUT2D eigenvalue weighted by Crippen LogP contribution is -2.30. The summed E-state index contributed by atoms with van der Waals surface area (Å²) in [6.45, 7) is 0. The lowest BCUT2D eigenvalue weighted by molar-refractivity contribution is -0.123. The van der Waals surface area contributed by atoms with Crippen molar-refractivity contribution in [3.05, 3.63) is 49.6 Å². The number of guanidine groups is 1. The molecule has 0 aliphatic carbocycles. The van der Waals surface area contributed by atoms with E-state index in [2.05, 4.69) is 4.99 Å². The van der Waals surface area contributed by atoms with Gasteiger partial charge in [0, 0.05) is 17.5 Å². The Morgan fingerprint density at radius 2 is 2.04 bits per heavy atom. The molecule has 4 N–H and O–H groups in total. The Morgan fingerprint density at radius 1 is 1.29 bits per heavy atom. The number of rotatable bonds is 3. The fourth-order valence-corrected chi connectivity index (χ4v) is 3.54. The van der Waals surface area contributed by atoms with Crippen LogP contribution >= 0.6 is 34.5 Å². The minimum absolute atomic E-state index is 0.0868. The number of nitrogens with two attached hydrogens (primary N) is 2. The minimum Gasteiger partial charge on any atom is -0.478 e. The molecule has 1 unspecified atom stereocenters. The standard InChI is InChI=1S/C15H11Cl2N3O3S/c16-10-7(12(21)9-2-1-3-24-9)4-6-5-8(14(22)20-15(18)19)23-13(6)11(10)17/h1-4,8H,5H2,(H4,18,19,20,22). The van der Waals surface area contributed by atoms with Crippen LogP contribution in [-0.2, 0) is 11.2 Å². The van der Waals surface area contributed by atoms with Crippen molar-refractivity contribution in [3.63, 3.8) is 0 Å². The van der Waals surface area contributed by atoms with Crippen molar-refractivity contribution in [2.24, 2.45) is 16.5 Å². The summed E-state index contributed by atoms with van der Waals surface area (Å²) in [5, 5.41) is 1.97. The lowest BCUT2D eigenvalue weighted by Gasteiger charge is -2.09. The summed E-state index contributed by atoms with van der Waals surface area (Å²) in [4.78, 5) is 28.5. The number of carbonyl (C=O) groups is 2. The first-order valence-electron chi connectivity index (χ1n) is 6.77. The van der Waals surface area contributed by atoms with Gasteiger partial charge in [-0.1, -0.05) is 29.3 Å². The number of halogens is 2. The van der Waals surface area contributed by atoms with Crippen molar-refractivity contribution >= 4 is 52.2 Å². The highest BCUT2D eigenvalue weighted by Crippen LogP contribution is 2.43. The normalized spacial score (nSPS) is 15.5. The minimum atomic E-state index is -0.900. The van der Waals surface area contributed by atoms with Gasteiger partial charge in [-0.05, 0) is 17.5 Å². The number of amides is 1. The molecule has 9 heteroatoms. The van der Waals surface area contributed by atoms with Gasteiger partial charge in [0.15, 0.2) is 12.1 Å². The quantitative estimate of drug-likeness (QED) is 0.480. The predicted octanol–water partition coefficient (Wildman–Crippen LogP) is 2.39. The largest absolute Gasteiger partial charge is 0.478 e. The zero-order valence-corrected chi connectivity index (χ0v) is 14.4. The van der Waals surface area contributed by atoms with Crippen LogP contribution in [0.1, 0.15) is 20.8 Å². The summed E-state index contributed by atoms with van der Waals surface area (Å²) < 4.78 is 5.51. The van der Waals surface area contributed by atoms with Gasteiger partial charge in [-0.25, -0.2) is 0 Å². The van der Waals surface area contributed by atoms with Crippen LogP contribution in [0.2, 0.25) is 10.0 Å². The van der Waals surface area contributed by atoms with E-state index in [1.54, 1.807) is 23.6 Å². The summed E-state index contributed by atoms with van der Waals surface area (Å²) in [5.41, 5.74) is 11.3. The van der Waals surface area contributed by atoms with Crippen LogP contribution < -0.4 is 16.2 Å². The number of aliphatic imine (C=N–C) groups is 1. The van der Waals surface area contributed by atoms with Crippen LogP contribution in [0, 0.1) is 0 Å². The summed E-state index contributed by atoms with van der Waals surface area (Å²) in [6.07, 6.45) is -0.699. The van der Waals surface area contributed by atoms with Crippen LogP contribution in [-0.4, -0.2) is 23.8 Å². The highest BCUT2D eigenvalue weighted by molar-refractivity contribution is 7.12. The molecule has 24 heavy (non-hydrogen) atoms. The second-order valence-corrected chi connectivity index (χ2v) is 6.74. The average molecular weight is 384 g/mol. The smallest absolute Gasteiger partial charge is 0.290 e. The van der Waals surface area contributed by atoms with E-state index in [1.165, 1.54) is 11.3 Å². The molecule has 0 bridgehead atoms. The summed E-state index contributed by atoms with van der Waals surface area (Å²) in [6, 6.07) is 5.06. The third-order valence-corrected chi connectivity index (χ3v) is 5.13. The first-order chi connectivity index (χ1) is 11.4. The Bertz CT molecular complexity index is 861. The molecule has 1 atom stereocenters. The molecule has 3 rings (SSSR count). The molecule has 1 aliphatic heterocycles. The first kappa shape index (κ1) is 16.8. The van der Waals surface area contributed by atoms with Gasteiger partial charge in [-0.3, -0.25) is 9.59 Å². The van der Waals surface area contributed by atoms with Gasteiger partial charge in [0.1, 0.15) is 10.8 Å². The van der Waals surface area contributed by atoms with Crippen molar-refractivity contribution in [2.45, 2.75) is 12.5 Å². The first-order valence-corrected chi connectivity index (χ1v) is 8.41. The molecule has 0 saturated heterocycles. The Morgan fingerprint density at radius 3 is 2.67 bits per heavy atom. The molecule has 0 radical (unpaired) electrons. The molecule has 0 spiro atoms. The molecule has 1 aromatic heterocycles. The number of ether oxygens (including phenoxy) is 1. The number of fused-ring (bicyclic) bond motifs is 1. The number of nitrogens with zero attached hydrogens (tertiary/aromatic N) is 1. The maximum absolute atomic E-state index is 12.5. The molecular weight excluding hydrogens is 373 g/mol. The maximum atomic E-state index is 12.5. The number of hydrogen-bond acceptors (Lipinski definition) is 4. The Balaban J connectivity index is 1.97. The summed E-state index contributed by atoms with van der Waals surface area (Å²) >= 11 is 13.7. The highest BCUT2D eigenvalue weighted by atomic mass is 35.5. The summed E-state index contributed by atoms with van der Waals surface area (Å²) in [7, 11) is 0. The van der Waals surface area contributed by atoms with Crippen LogP contribution in [0.25, 0.3) is 0 Å². The zero-order chi connectivity index (χ0) is 17.4. The van der Waals surface area contributed by atoms with Gasteiger partial charge in [-0.2, -0.15) is 4.99 Å². The Hall–Kier alpha value is -2.09. The number of carbonyl (C=O) groups excluding carboxylic acids is 2. The maximum Gasteiger partial charge on any atom is 0.290 e. The third kappa shape index (κ3) is 2.98. The molecule has 2 aromatic rings. The Labute approximate surface area is 151 Å². The van der Waals surface area contributed by atoms with Crippen LogP contribution in [0.3, 0.4) is 0 Å². The molecule has 0 fully saturated rings.